The van der Waals surface area contributed by atoms with Gasteiger partial charge in [-0.1, -0.05) is 12.0 Å². The van der Waals surface area contributed by atoms with Gasteiger partial charge in [0.2, 0.25) is 0 Å². The first kappa shape index (κ1) is 8.28. The molecule has 0 atom stereocenters. The predicted molar refractivity (Wildman–Crippen MR) is 50.0 cm³/mol. The number of hydrogen-bond donors (Lipinski definition) is 1. The summed E-state index contributed by atoms with van der Waals surface area (Å²) in [5, 5.41) is 9.59. The van der Waals surface area contributed by atoms with Gasteiger partial charge in [0.1, 0.15) is 5.60 Å². The van der Waals surface area contributed by atoms with Gasteiger partial charge in [-0.15, -0.1) is 6.42 Å². The fourth-order valence-electron chi connectivity index (χ4n) is 1.70. The summed E-state index contributed by atoms with van der Waals surface area (Å²) in [5.74, 6) is 2.74. The van der Waals surface area contributed by atoms with Crippen LogP contribution in [0.3, 0.4) is 0 Å². The normalized spacial score (nSPS) is 31.8. The van der Waals surface area contributed by atoms with Crippen molar-refractivity contribution in [1.82, 2.24) is 4.98 Å². The number of nitrogens with zero attached hydrogens (tertiary/aromatic N) is 1. The third-order valence-corrected chi connectivity index (χ3v) is 2.54. The van der Waals surface area contributed by atoms with Crippen LogP contribution in [0.25, 0.3) is 0 Å². The standard InChI is InChI=1S/C11H11NO/c1-2-11(13)7-9(8-11)10-5-3-4-6-12-10/h1,3-6,9,13H,7-8H2. The fraction of sp³-hybridized carbons (Fsp3) is 0.364. The maximum absolute atomic E-state index is 9.59. The number of hydrogen-bond acceptors (Lipinski definition) is 2. The van der Waals surface area contributed by atoms with Gasteiger partial charge in [0, 0.05) is 17.8 Å². The molecule has 1 aromatic rings. The van der Waals surface area contributed by atoms with Crippen LogP contribution in [0.15, 0.2) is 24.4 Å². The van der Waals surface area contributed by atoms with Crippen molar-refractivity contribution >= 4 is 0 Å². The van der Waals surface area contributed by atoms with Crippen LogP contribution in [-0.4, -0.2) is 15.7 Å². The van der Waals surface area contributed by atoms with Gasteiger partial charge in [0.25, 0.3) is 0 Å². The third kappa shape index (κ3) is 1.43. The molecule has 0 bridgehead atoms. The molecule has 2 heteroatoms. The Hall–Kier alpha value is -1.33. The molecule has 1 fully saturated rings. The zero-order valence-corrected chi connectivity index (χ0v) is 7.27. The van der Waals surface area contributed by atoms with E-state index in [1.54, 1.807) is 6.20 Å². The molecule has 1 N–H and O–H groups in total. The van der Waals surface area contributed by atoms with E-state index in [4.69, 9.17) is 6.42 Å². The van der Waals surface area contributed by atoms with Crippen LogP contribution in [0.4, 0.5) is 0 Å². The lowest BCUT2D eigenvalue weighted by atomic mass is 9.70. The first-order valence-electron chi connectivity index (χ1n) is 4.35. The molecule has 1 aliphatic carbocycles. The molecule has 0 aromatic carbocycles. The van der Waals surface area contributed by atoms with Gasteiger partial charge < -0.3 is 5.11 Å². The van der Waals surface area contributed by atoms with Crippen LogP contribution < -0.4 is 0 Å². The SMILES string of the molecule is C#CC1(O)CC(c2ccccn2)C1. The van der Waals surface area contributed by atoms with E-state index in [0.717, 1.165) is 5.69 Å². The highest BCUT2D eigenvalue weighted by Gasteiger charge is 2.42. The number of rotatable bonds is 1. The first-order valence-corrected chi connectivity index (χ1v) is 4.35. The van der Waals surface area contributed by atoms with Crippen LogP contribution in [0.5, 0.6) is 0 Å². The summed E-state index contributed by atoms with van der Waals surface area (Å²) in [6.45, 7) is 0. The van der Waals surface area contributed by atoms with E-state index in [0.29, 0.717) is 18.8 Å². The zero-order chi connectivity index (χ0) is 9.31. The van der Waals surface area contributed by atoms with Crippen LogP contribution in [0, 0.1) is 12.3 Å². The number of aromatic nitrogens is 1. The lowest BCUT2D eigenvalue weighted by Gasteiger charge is -2.39. The van der Waals surface area contributed by atoms with Crippen molar-refractivity contribution < 1.29 is 5.11 Å². The molecule has 13 heavy (non-hydrogen) atoms. The van der Waals surface area contributed by atoms with Crippen molar-refractivity contribution in [2.75, 3.05) is 0 Å². The molecular formula is C11H11NO. The topological polar surface area (TPSA) is 33.1 Å². The van der Waals surface area contributed by atoms with E-state index >= 15 is 0 Å². The highest BCUT2D eigenvalue weighted by atomic mass is 16.3. The van der Waals surface area contributed by atoms with Crippen molar-refractivity contribution in [2.45, 2.75) is 24.4 Å². The minimum atomic E-state index is -0.873. The minimum absolute atomic E-state index is 0.335. The second kappa shape index (κ2) is 2.86. The van der Waals surface area contributed by atoms with Crippen molar-refractivity contribution in [1.29, 1.82) is 0 Å². The summed E-state index contributed by atoms with van der Waals surface area (Å²) in [4.78, 5) is 4.22. The van der Waals surface area contributed by atoms with Crippen LogP contribution in [0.2, 0.25) is 0 Å². The predicted octanol–water partition coefficient (Wildman–Crippen LogP) is 1.32. The summed E-state index contributed by atoms with van der Waals surface area (Å²) < 4.78 is 0. The molecule has 0 spiro atoms. The Kier molecular flexibility index (Phi) is 1.82. The van der Waals surface area contributed by atoms with Crippen molar-refractivity contribution in [3.63, 3.8) is 0 Å². The molecule has 2 nitrogen and oxygen atoms in total. The summed E-state index contributed by atoms with van der Waals surface area (Å²) in [6, 6.07) is 5.81. The zero-order valence-electron chi connectivity index (χ0n) is 7.27. The Morgan fingerprint density at radius 2 is 2.31 bits per heavy atom. The molecule has 1 aliphatic rings. The first-order chi connectivity index (χ1) is 6.23. The molecule has 66 valence electrons. The molecule has 0 unspecified atom stereocenters. The molecule has 1 heterocycles. The molecule has 0 aliphatic heterocycles. The quantitative estimate of drug-likeness (QED) is 0.650. The maximum Gasteiger partial charge on any atom is 0.126 e. The molecule has 0 radical (unpaired) electrons. The van der Waals surface area contributed by atoms with E-state index in [9.17, 15) is 5.11 Å². The smallest absolute Gasteiger partial charge is 0.126 e. The Balaban J connectivity index is 2.07. The van der Waals surface area contributed by atoms with Gasteiger partial charge in [-0.05, 0) is 25.0 Å². The van der Waals surface area contributed by atoms with Gasteiger partial charge in [-0.25, -0.2) is 0 Å². The molecule has 1 aromatic heterocycles. The van der Waals surface area contributed by atoms with E-state index in [1.807, 2.05) is 18.2 Å². The summed E-state index contributed by atoms with van der Waals surface area (Å²) in [5.41, 5.74) is 0.157. The highest BCUT2D eigenvalue weighted by Crippen LogP contribution is 2.43. The van der Waals surface area contributed by atoms with Crippen LogP contribution in [-0.2, 0) is 0 Å². The van der Waals surface area contributed by atoms with E-state index in [2.05, 4.69) is 10.9 Å². The second-order valence-electron chi connectivity index (χ2n) is 3.54. The lowest BCUT2D eigenvalue weighted by molar-refractivity contribution is 0.00493. The van der Waals surface area contributed by atoms with Crippen LogP contribution >= 0.6 is 0 Å². The van der Waals surface area contributed by atoms with E-state index in [1.165, 1.54) is 0 Å². The highest BCUT2D eigenvalue weighted by molar-refractivity contribution is 5.24. The van der Waals surface area contributed by atoms with Gasteiger partial charge >= 0.3 is 0 Å². The molecule has 2 rings (SSSR count). The summed E-state index contributed by atoms with van der Waals surface area (Å²) in [6.07, 6.45) is 8.23. The fourth-order valence-corrected chi connectivity index (χ4v) is 1.70. The third-order valence-electron chi connectivity index (χ3n) is 2.54. The van der Waals surface area contributed by atoms with E-state index < -0.39 is 5.60 Å². The molecule has 0 amide bonds. The van der Waals surface area contributed by atoms with Crippen molar-refractivity contribution in [3.8, 4) is 12.3 Å². The molecule has 1 saturated carbocycles. The second-order valence-corrected chi connectivity index (χ2v) is 3.54. The largest absolute Gasteiger partial charge is 0.378 e. The number of pyridine rings is 1. The van der Waals surface area contributed by atoms with Crippen molar-refractivity contribution in [3.05, 3.63) is 30.1 Å². The number of terminal acetylenes is 1. The maximum atomic E-state index is 9.59. The Labute approximate surface area is 77.6 Å². The van der Waals surface area contributed by atoms with Crippen LogP contribution in [0.1, 0.15) is 24.5 Å². The van der Waals surface area contributed by atoms with Gasteiger partial charge in [-0.2, -0.15) is 0 Å². The summed E-state index contributed by atoms with van der Waals surface area (Å²) in [7, 11) is 0. The number of aliphatic hydroxyl groups is 1. The average Bonchev–Trinajstić information content (AvgIpc) is 2.14. The Morgan fingerprint density at radius 1 is 1.54 bits per heavy atom. The van der Waals surface area contributed by atoms with Crippen molar-refractivity contribution in [2.24, 2.45) is 0 Å². The van der Waals surface area contributed by atoms with Gasteiger partial charge in [-0.3, -0.25) is 4.98 Å². The average molecular weight is 173 g/mol. The molecule has 0 saturated heterocycles. The van der Waals surface area contributed by atoms with E-state index in [-0.39, 0.29) is 0 Å². The molecular weight excluding hydrogens is 162 g/mol. The summed E-state index contributed by atoms with van der Waals surface area (Å²) >= 11 is 0. The van der Waals surface area contributed by atoms with Gasteiger partial charge in [0.15, 0.2) is 0 Å². The Bertz CT molecular complexity index is 333. The monoisotopic (exact) mass is 173 g/mol. The van der Waals surface area contributed by atoms with Gasteiger partial charge in [0.05, 0.1) is 0 Å². The minimum Gasteiger partial charge on any atom is -0.378 e. The lowest BCUT2D eigenvalue weighted by Crippen LogP contribution is -2.41. The Morgan fingerprint density at radius 3 is 2.85 bits per heavy atom.